The molecule has 1 saturated heterocycles. The molecule has 0 aromatic carbocycles. The van der Waals surface area contributed by atoms with Gasteiger partial charge in [-0.05, 0) is 38.8 Å². The van der Waals surface area contributed by atoms with Crippen LogP contribution in [0.5, 0.6) is 0 Å². The Morgan fingerprint density at radius 2 is 1.82 bits per heavy atom. The number of piperidine rings is 1. The van der Waals surface area contributed by atoms with Crippen molar-refractivity contribution in [3.05, 3.63) is 36.4 Å². The highest BCUT2D eigenvalue weighted by Crippen LogP contribution is 2.35. The van der Waals surface area contributed by atoms with Crippen LogP contribution in [0.1, 0.15) is 32.4 Å². The number of carbonyl (C=O) groups is 2. The quantitative estimate of drug-likeness (QED) is 0.311. The first kappa shape index (κ1) is 28.1. The van der Waals surface area contributed by atoms with Crippen LogP contribution in [0.3, 0.4) is 0 Å². The van der Waals surface area contributed by atoms with E-state index in [9.17, 15) is 31.5 Å². The van der Waals surface area contributed by atoms with Crippen LogP contribution in [0.4, 0.5) is 33.5 Å². The molecule has 39 heavy (non-hydrogen) atoms. The molecule has 0 N–H and O–H groups in total. The fraction of sp³-hybridized carbons (Fsp3) is 0.500. The van der Waals surface area contributed by atoms with Gasteiger partial charge in [-0.3, -0.25) is 9.59 Å². The van der Waals surface area contributed by atoms with Crippen molar-refractivity contribution in [1.29, 1.82) is 0 Å². The molecule has 1 fully saturated rings. The van der Waals surface area contributed by atoms with E-state index in [1.807, 2.05) is 4.90 Å². The Kier molecular flexibility index (Phi) is 7.70. The van der Waals surface area contributed by atoms with Crippen LogP contribution in [0, 0.1) is 0 Å². The van der Waals surface area contributed by atoms with Crippen molar-refractivity contribution in [1.82, 2.24) is 29.6 Å². The second kappa shape index (κ2) is 10.7. The highest BCUT2D eigenvalue weighted by atomic mass is 19.4. The first-order valence-electron chi connectivity index (χ1n) is 12.1. The molecule has 1 aliphatic rings. The Labute approximate surface area is 220 Å². The Balaban J connectivity index is 1.60. The van der Waals surface area contributed by atoms with Crippen LogP contribution in [0.15, 0.2) is 30.7 Å². The summed E-state index contributed by atoms with van der Waals surface area (Å²) in [5, 5.41) is 3.92. The van der Waals surface area contributed by atoms with Crippen LogP contribution >= 0.6 is 0 Å². The number of fused-ring (bicyclic) bond motifs is 1. The van der Waals surface area contributed by atoms with Gasteiger partial charge in [-0.15, -0.1) is 0 Å². The minimum atomic E-state index is -4.62. The lowest BCUT2D eigenvalue weighted by Crippen LogP contribution is -2.65. The standard InChI is InChI=1S/C24H27F5N8O2/c1-15(2)36(14-38)23(22(39)34(3)16-4-5-18(31-10-16)24(27,28)29)6-8-35(9-7-23)20-12-30-17-11-32-37(13-19(25)26)21(17)33-20/h4-5,10-12,14-15,19H,6-9,13H2,1-3H3. The second-order valence-electron chi connectivity index (χ2n) is 9.54. The van der Waals surface area contributed by atoms with Gasteiger partial charge in [0.25, 0.3) is 12.3 Å². The maximum absolute atomic E-state index is 13.9. The van der Waals surface area contributed by atoms with E-state index in [0.29, 0.717) is 17.7 Å². The van der Waals surface area contributed by atoms with Crippen molar-refractivity contribution < 1.29 is 31.5 Å². The Hall–Kier alpha value is -3.91. The molecule has 10 nitrogen and oxygen atoms in total. The van der Waals surface area contributed by atoms with Gasteiger partial charge >= 0.3 is 6.18 Å². The molecule has 0 bridgehead atoms. The maximum atomic E-state index is 13.9. The summed E-state index contributed by atoms with van der Waals surface area (Å²) in [5.74, 6) is -0.0666. The first-order valence-corrected chi connectivity index (χ1v) is 12.1. The SMILES string of the molecule is CC(C)N(C=O)C1(C(=O)N(C)c2ccc(C(F)(F)F)nc2)CCN(c2cnc3cnn(CC(F)F)c3n2)CC1. The average molecular weight is 555 g/mol. The number of amides is 2. The van der Waals surface area contributed by atoms with E-state index < -0.39 is 36.3 Å². The molecule has 0 spiro atoms. The summed E-state index contributed by atoms with van der Waals surface area (Å²) >= 11 is 0. The number of halogens is 5. The molecular weight excluding hydrogens is 527 g/mol. The highest BCUT2D eigenvalue weighted by Gasteiger charge is 2.49. The van der Waals surface area contributed by atoms with Gasteiger partial charge in [0.15, 0.2) is 5.65 Å². The molecule has 0 atom stereocenters. The second-order valence-corrected chi connectivity index (χ2v) is 9.54. The molecule has 0 saturated carbocycles. The molecule has 0 unspecified atom stereocenters. The normalized spacial score (nSPS) is 15.7. The van der Waals surface area contributed by atoms with E-state index in [4.69, 9.17) is 0 Å². The lowest BCUT2D eigenvalue weighted by molar-refractivity contribution is -0.142. The van der Waals surface area contributed by atoms with Crippen molar-refractivity contribution in [2.24, 2.45) is 0 Å². The number of hydrogen-bond donors (Lipinski definition) is 0. The van der Waals surface area contributed by atoms with Gasteiger partial charge in [0.05, 0.1) is 24.3 Å². The molecule has 3 aromatic rings. The first-order chi connectivity index (χ1) is 18.4. The van der Waals surface area contributed by atoms with Gasteiger partial charge in [0.2, 0.25) is 6.41 Å². The molecular formula is C24H27F5N8O2. The zero-order valence-electron chi connectivity index (χ0n) is 21.4. The third-order valence-electron chi connectivity index (χ3n) is 6.85. The number of nitrogens with zero attached hydrogens (tertiary/aromatic N) is 8. The fourth-order valence-electron chi connectivity index (χ4n) is 4.84. The molecule has 4 rings (SSSR count). The zero-order chi connectivity index (χ0) is 28.5. The van der Waals surface area contributed by atoms with Gasteiger partial charge in [-0.25, -0.2) is 28.4 Å². The van der Waals surface area contributed by atoms with E-state index in [2.05, 4.69) is 20.1 Å². The predicted octanol–water partition coefficient (Wildman–Crippen LogP) is 3.37. The molecule has 210 valence electrons. The fourth-order valence-corrected chi connectivity index (χ4v) is 4.84. The number of aromatic nitrogens is 5. The van der Waals surface area contributed by atoms with Crippen molar-refractivity contribution >= 4 is 35.0 Å². The van der Waals surface area contributed by atoms with E-state index in [0.717, 1.165) is 23.0 Å². The van der Waals surface area contributed by atoms with E-state index >= 15 is 0 Å². The average Bonchev–Trinajstić information content (AvgIpc) is 3.29. The number of pyridine rings is 1. The summed E-state index contributed by atoms with van der Waals surface area (Å²) in [7, 11) is 1.42. The van der Waals surface area contributed by atoms with Crippen LogP contribution in [-0.2, 0) is 22.3 Å². The maximum Gasteiger partial charge on any atom is 0.433 e. The molecule has 2 amide bonds. The monoisotopic (exact) mass is 554 g/mol. The Morgan fingerprint density at radius 3 is 2.36 bits per heavy atom. The summed E-state index contributed by atoms with van der Waals surface area (Å²) in [6.07, 6.45) is -2.47. The Morgan fingerprint density at radius 1 is 1.13 bits per heavy atom. The van der Waals surface area contributed by atoms with Crippen LogP contribution in [-0.4, -0.2) is 80.1 Å². The minimum Gasteiger partial charge on any atom is -0.355 e. The van der Waals surface area contributed by atoms with E-state index in [-0.39, 0.29) is 43.3 Å². The lowest BCUT2D eigenvalue weighted by atomic mass is 9.83. The molecule has 15 heteroatoms. The lowest BCUT2D eigenvalue weighted by Gasteiger charge is -2.49. The Bertz CT molecular complexity index is 1320. The van der Waals surface area contributed by atoms with Crippen LogP contribution in [0.25, 0.3) is 11.2 Å². The van der Waals surface area contributed by atoms with E-state index in [1.54, 1.807) is 13.8 Å². The van der Waals surface area contributed by atoms with Gasteiger partial charge in [0.1, 0.15) is 29.1 Å². The van der Waals surface area contributed by atoms with E-state index in [1.165, 1.54) is 29.2 Å². The predicted molar refractivity (Wildman–Crippen MR) is 131 cm³/mol. The molecule has 3 aromatic heterocycles. The van der Waals surface area contributed by atoms with Gasteiger partial charge < -0.3 is 14.7 Å². The zero-order valence-corrected chi connectivity index (χ0v) is 21.4. The number of hydrogen-bond acceptors (Lipinski definition) is 7. The number of rotatable bonds is 8. The van der Waals surface area contributed by atoms with Crippen molar-refractivity contribution in [2.45, 2.75) is 57.4 Å². The summed E-state index contributed by atoms with van der Waals surface area (Å²) < 4.78 is 65.8. The third kappa shape index (κ3) is 5.47. The number of likely N-dealkylation sites (N-methyl/N-ethyl adjacent to an activating group) is 1. The summed E-state index contributed by atoms with van der Waals surface area (Å²) in [4.78, 5) is 42.7. The number of carbonyl (C=O) groups excluding carboxylic acids is 2. The third-order valence-corrected chi connectivity index (χ3v) is 6.85. The van der Waals surface area contributed by atoms with Crippen molar-refractivity contribution in [2.75, 3.05) is 29.9 Å². The van der Waals surface area contributed by atoms with Crippen molar-refractivity contribution in [3.8, 4) is 0 Å². The molecule has 0 aliphatic carbocycles. The molecule has 4 heterocycles. The topological polar surface area (TPSA) is 100 Å². The largest absolute Gasteiger partial charge is 0.433 e. The highest BCUT2D eigenvalue weighted by molar-refractivity contribution is 6.01. The minimum absolute atomic E-state index is 0.146. The van der Waals surface area contributed by atoms with Gasteiger partial charge in [-0.2, -0.15) is 18.3 Å². The number of alkyl halides is 5. The van der Waals surface area contributed by atoms with Crippen LogP contribution in [0.2, 0.25) is 0 Å². The molecule has 0 radical (unpaired) electrons. The summed E-state index contributed by atoms with van der Waals surface area (Å²) in [6.45, 7) is 3.43. The summed E-state index contributed by atoms with van der Waals surface area (Å²) in [5.41, 5.74) is -1.67. The van der Waals surface area contributed by atoms with Crippen molar-refractivity contribution in [3.63, 3.8) is 0 Å². The smallest absolute Gasteiger partial charge is 0.355 e. The van der Waals surface area contributed by atoms with Gasteiger partial charge in [0, 0.05) is 26.2 Å². The molecule has 1 aliphatic heterocycles. The van der Waals surface area contributed by atoms with Gasteiger partial charge in [-0.1, -0.05) is 0 Å². The number of anilines is 2. The van der Waals surface area contributed by atoms with Crippen LogP contribution < -0.4 is 9.80 Å². The summed E-state index contributed by atoms with van der Waals surface area (Å²) in [6, 6.07) is 1.60.